The van der Waals surface area contributed by atoms with Crippen LogP contribution in [0.5, 0.6) is 5.75 Å². The van der Waals surface area contributed by atoms with Gasteiger partial charge in [-0.05, 0) is 6.07 Å². The normalized spacial score (nSPS) is 11.2. The van der Waals surface area contributed by atoms with Crippen molar-refractivity contribution in [2.75, 3.05) is 7.11 Å². The molecule has 0 saturated heterocycles. The Hall–Kier alpha value is -2.48. The van der Waals surface area contributed by atoms with Crippen molar-refractivity contribution in [1.29, 1.82) is 0 Å². The van der Waals surface area contributed by atoms with E-state index in [1.165, 1.54) is 36.6 Å². The number of nitrogens with zero attached hydrogens (tertiary/aromatic N) is 2. The van der Waals surface area contributed by atoms with Crippen molar-refractivity contribution in [2.24, 2.45) is 0 Å². The lowest BCUT2D eigenvalue weighted by atomic mass is 9.93. The van der Waals surface area contributed by atoms with E-state index in [1.807, 2.05) is 5.38 Å². The molecular weight excluding hydrogens is 332 g/mol. The summed E-state index contributed by atoms with van der Waals surface area (Å²) >= 11 is 1.43. The van der Waals surface area contributed by atoms with Gasteiger partial charge in [-0.3, -0.25) is 10.1 Å². The monoisotopic (exact) mass is 350 g/mol. The van der Waals surface area contributed by atoms with Gasteiger partial charge in [0.2, 0.25) is 0 Å². The van der Waals surface area contributed by atoms with Crippen LogP contribution in [0.4, 0.5) is 5.69 Å². The Balaban J connectivity index is 2.22. The largest absolute Gasteiger partial charge is 0.479 e. The number of carbonyl (C=O) groups excluding carboxylic acids is 1. The molecule has 128 valence electrons. The molecule has 0 N–H and O–H groups in total. The van der Waals surface area contributed by atoms with E-state index in [-0.39, 0.29) is 29.0 Å². The Morgan fingerprint density at radius 1 is 1.38 bits per heavy atom. The van der Waals surface area contributed by atoms with Crippen molar-refractivity contribution < 1.29 is 19.2 Å². The number of nitro benzene ring substituents is 1. The minimum atomic E-state index is -0.584. The maximum absolute atomic E-state index is 11.6. The summed E-state index contributed by atoms with van der Waals surface area (Å²) in [5.41, 5.74) is 0.831. The van der Waals surface area contributed by atoms with Crippen LogP contribution in [-0.2, 0) is 16.8 Å². The number of hydrogen-bond donors (Lipinski definition) is 0. The summed E-state index contributed by atoms with van der Waals surface area (Å²) in [7, 11) is 1.24. The molecule has 0 saturated carbocycles. The molecule has 0 bridgehead atoms. The van der Waals surface area contributed by atoms with Crippen LogP contribution < -0.4 is 4.74 Å². The molecule has 8 heteroatoms. The second kappa shape index (κ2) is 6.96. The van der Waals surface area contributed by atoms with Crippen LogP contribution in [0.3, 0.4) is 0 Å². The fourth-order valence-electron chi connectivity index (χ4n) is 1.89. The van der Waals surface area contributed by atoms with E-state index in [2.05, 4.69) is 30.5 Å². The van der Waals surface area contributed by atoms with Gasteiger partial charge in [-0.15, -0.1) is 11.3 Å². The Labute approximate surface area is 143 Å². The van der Waals surface area contributed by atoms with Crippen molar-refractivity contribution >= 4 is 23.0 Å². The quantitative estimate of drug-likeness (QED) is 0.464. The molecule has 0 atom stereocenters. The van der Waals surface area contributed by atoms with Crippen LogP contribution in [0, 0.1) is 10.1 Å². The highest BCUT2D eigenvalue weighted by atomic mass is 32.1. The van der Waals surface area contributed by atoms with Crippen molar-refractivity contribution in [3.05, 3.63) is 50.0 Å². The van der Waals surface area contributed by atoms with Crippen LogP contribution in [-0.4, -0.2) is 23.0 Å². The highest BCUT2D eigenvalue weighted by Crippen LogP contribution is 2.30. The molecule has 7 nitrogen and oxygen atoms in total. The first kappa shape index (κ1) is 17.9. The summed E-state index contributed by atoms with van der Waals surface area (Å²) in [6, 6.07) is 3.87. The van der Waals surface area contributed by atoms with E-state index in [4.69, 9.17) is 4.74 Å². The Morgan fingerprint density at radius 3 is 2.62 bits per heavy atom. The number of carbonyl (C=O) groups is 1. The standard InChI is InChI=1S/C16H18N2O5S/c1-16(2,3)13-9-24-14(17-13)8-23-12-7-10(15(19)22-4)5-6-11(12)18(20)21/h5-7,9H,8H2,1-4H3. The average Bonchev–Trinajstić information content (AvgIpc) is 3.00. The first-order valence-electron chi connectivity index (χ1n) is 7.17. The second-order valence-electron chi connectivity index (χ2n) is 6.10. The molecule has 1 aromatic carbocycles. The molecule has 0 spiro atoms. The van der Waals surface area contributed by atoms with Gasteiger partial charge in [0.1, 0.15) is 11.6 Å². The molecule has 0 fully saturated rings. The summed E-state index contributed by atoms with van der Waals surface area (Å²) in [6.45, 7) is 6.25. The number of hydrogen-bond acceptors (Lipinski definition) is 7. The molecular formula is C16H18N2O5S. The molecule has 24 heavy (non-hydrogen) atoms. The summed E-state index contributed by atoms with van der Waals surface area (Å²) in [4.78, 5) is 26.6. The molecule has 0 aliphatic carbocycles. The smallest absolute Gasteiger partial charge is 0.337 e. The van der Waals surface area contributed by atoms with Gasteiger partial charge in [0.15, 0.2) is 5.75 Å². The molecule has 0 amide bonds. The molecule has 1 heterocycles. The molecule has 0 unspecified atom stereocenters. The summed E-state index contributed by atoms with van der Waals surface area (Å²) in [6.07, 6.45) is 0. The van der Waals surface area contributed by atoms with Crippen LogP contribution >= 0.6 is 11.3 Å². The van der Waals surface area contributed by atoms with Crippen LogP contribution in [0.1, 0.15) is 41.8 Å². The maximum Gasteiger partial charge on any atom is 0.337 e. The third-order valence-electron chi connectivity index (χ3n) is 3.25. The minimum absolute atomic E-state index is 0.00964. The van der Waals surface area contributed by atoms with E-state index in [0.717, 1.165) is 5.69 Å². The lowest BCUT2D eigenvalue weighted by Gasteiger charge is -2.14. The first-order valence-corrected chi connectivity index (χ1v) is 8.05. The first-order chi connectivity index (χ1) is 11.2. The number of esters is 1. The number of ether oxygens (including phenoxy) is 2. The molecule has 0 aliphatic heterocycles. The summed E-state index contributed by atoms with van der Waals surface area (Å²) < 4.78 is 10.2. The van der Waals surface area contributed by atoms with Gasteiger partial charge < -0.3 is 9.47 Å². The summed E-state index contributed by atoms with van der Waals surface area (Å²) in [5, 5.41) is 13.8. The minimum Gasteiger partial charge on any atom is -0.479 e. The van der Waals surface area contributed by atoms with Crippen molar-refractivity contribution in [1.82, 2.24) is 4.98 Å². The zero-order chi connectivity index (χ0) is 17.9. The lowest BCUT2D eigenvalue weighted by Crippen LogP contribution is -2.11. The maximum atomic E-state index is 11.6. The van der Waals surface area contributed by atoms with Crippen molar-refractivity contribution in [2.45, 2.75) is 32.8 Å². The molecule has 2 rings (SSSR count). The Kier molecular flexibility index (Phi) is 5.18. The molecule has 2 aromatic rings. The second-order valence-corrected chi connectivity index (χ2v) is 7.04. The van der Waals surface area contributed by atoms with Gasteiger partial charge in [0.25, 0.3) is 0 Å². The summed E-state index contributed by atoms with van der Waals surface area (Å²) in [5.74, 6) is -0.575. The van der Waals surface area contributed by atoms with Gasteiger partial charge in [-0.1, -0.05) is 20.8 Å². The van der Waals surface area contributed by atoms with E-state index in [0.29, 0.717) is 5.01 Å². The number of thiazole rings is 1. The zero-order valence-corrected chi connectivity index (χ0v) is 14.7. The lowest BCUT2D eigenvalue weighted by molar-refractivity contribution is -0.385. The van der Waals surface area contributed by atoms with Crippen LogP contribution in [0.2, 0.25) is 0 Å². The van der Waals surface area contributed by atoms with Crippen LogP contribution in [0.15, 0.2) is 23.6 Å². The van der Waals surface area contributed by atoms with Gasteiger partial charge in [-0.2, -0.15) is 0 Å². The van der Waals surface area contributed by atoms with Crippen LogP contribution in [0.25, 0.3) is 0 Å². The van der Waals surface area contributed by atoms with Gasteiger partial charge in [0.05, 0.1) is 23.3 Å². The SMILES string of the molecule is COC(=O)c1ccc([N+](=O)[O-])c(OCc2nc(C(C)(C)C)cs2)c1. The number of benzene rings is 1. The highest BCUT2D eigenvalue weighted by Gasteiger charge is 2.20. The number of methoxy groups -OCH3 is 1. The van der Waals surface area contributed by atoms with Crippen molar-refractivity contribution in [3.63, 3.8) is 0 Å². The van der Waals surface area contributed by atoms with E-state index in [9.17, 15) is 14.9 Å². The van der Waals surface area contributed by atoms with E-state index in [1.54, 1.807) is 0 Å². The van der Waals surface area contributed by atoms with E-state index >= 15 is 0 Å². The molecule has 1 aromatic heterocycles. The third-order valence-corrected chi connectivity index (χ3v) is 4.07. The number of rotatable bonds is 5. The fraction of sp³-hybridized carbons (Fsp3) is 0.375. The van der Waals surface area contributed by atoms with E-state index < -0.39 is 10.9 Å². The Morgan fingerprint density at radius 2 is 2.08 bits per heavy atom. The van der Waals surface area contributed by atoms with Gasteiger partial charge >= 0.3 is 11.7 Å². The van der Waals surface area contributed by atoms with Gasteiger partial charge in [-0.25, -0.2) is 9.78 Å². The zero-order valence-electron chi connectivity index (χ0n) is 13.9. The Bertz CT molecular complexity index is 764. The predicted molar refractivity (Wildman–Crippen MR) is 89.6 cm³/mol. The predicted octanol–water partition coefficient (Wildman–Crippen LogP) is 3.71. The molecule has 0 radical (unpaired) electrons. The van der Waals surface area contributed by atoms with Crippen molar-refractivity contribution in [3.8, 4) is 5.75 Å². The average molecular weight is 350 g/mol. The fourth-order valence-corrected chi connectivity index (χ4v) is 2.82. The molecule has 0 aliphatic rings. The highest BCUT2D eigenvalue weighted by molar-refractivity contribution is 7.09. The van der Waals surface area contributed by atoms with Gasteiger partial charge in [0, 0.05) is 22.9 Å². The number of nitro groups is 1. The topological polar surface area (TPSA) is 91.6 Å². The number of aromatic nitrogens is 1. The third kappa shape index (κ3) is 4.08.